The van der Waals surface area contributed by atoms with Gasteiger partial charge in [-0.1, -0.05) is 43.2 Å². The van der Waals surface area contributed by atoms with E-state index in [1.165, 1.54) is 32.1 Å². The molecular weight excluding hydrogens is 310 g/mol. The first-order valence-corrected chi connectivity index (χ1v) is 8.73. The van der Waals surface area contributed by atoms with E-state index in [2.05, 4.69) is 21.9 Å². The van der Waals surface area contributed by atoms with Gasteiger partial charge in [0.25, 0.3) is 0 Å². The third kappa shape index (κ3) is 2.91. The topological polar surface area (TPSA) is 82.8 Å². The molecule has 5 nitrogen and oxygen atoms in total. The van der Waals surface area contributed by atoms with Gasteiger partial charge in [0.1, 0.15) is 5.82 Å². The number of nitrogens with zero attached hydrogens (tertiary/aromatic N) is 3. The van der Waals surface area contributed by atoms with Gasteiger partial charge in [-0.2, -0.15) is 0 Å². The van der Waals surface area contributed by atoms with Crippen LogP contribution in [0.4, 0.5) is 11.6 Å². The number of benzene rings is 1. The summed E-state index contributed by atoms with van der Waals surface area (Å²) in [5.74, 6) is 8.06. The van der Waals surface area contributed by atoms with Crippen LogP contribution in [0.2, 0.25) is 0 Å². The Morgan fingerprint density at radius 2 is 1.80 bits per heavy atom. The molecule has 0 bridgehead atoms. The zero-order chi connectivity index (χ0) is 17.2. The molecule has 0 radical (unpaired) electrons. The van der Waals surface area contributed by atoms with Gasteiger partial charge in [0, 0.05) is 17.5 Å². The van der Waals surface area contributed by atoms with Crippen LogP contribution in [-0.4, -0.2) is 14.8 Å². The lowest BCUT2D eigenvalue weighted by molar-refractivity contribution is 0.430. The molecule has 4 rings (SSSR count). The lowest BCUT2D eigenvalue weighted by Gasteiger charge is -2.15. The highest BCUT2D eigenvalue weighted by Crippen LogP contribution is 2.27. The van der Waals surface area contributed by atoms with E-state index in [1.807, 2.05) is 35.0 Å². The second-order valence-corrected chi connectivity index (χ2v) is 6.51. The molecule has 0 unspecified atom stereocenters. The van der Waals surface area contributed by atoms with Gasteiger partial charge in [0.15, 0.2) is 5.82 Å². The highest BCUT2D eigenvalue weighted by Gasteiger charge is 2.15. The van der Waals surface area contributed by atoms with Crippen molar-refractivity contribution in [2.45, 2.75) is 32.1 Å². The molecule has 4 N–H and O–H groups in total. The number of rotatable bonds is 1. The number of hydrogen-bond donors (Lipinski definition) is 2. The van der Waals surface area contributed by atoms with Crippen LogP contribution in [0.3, 0.4) is 0 Å². The zero-order valence-corrected chi connectivity index (χ0v) is 14.1. The van der Waals surface area contributed by atoms with Gasteiger partial charge in [-0.25, -0.2) is 9.67 Å². The highest BCUT2D eigenvalue weighted by molar-refractivity contribution is 5.90. The standard InChI is InChI=1S/C20H21N5/c21-19-16(11-10-14-6-2-1-3-7-14)18(12-13-23-19)25-17-9-5-4-8-15(17)20(22)24-25/h4-5,8-9,12-14H,1-3,6-7H2,(H2,21,23)(H2,22,24). The number of nitrogens with two attached hydrogens (primary N) is 2. The van der Waals surface area contributed by atoms with Gasteiger partial charge >= 0.3 is 0 Å². The van der Waals surface area contributed by atoms with Crippen molar-refractivity contribution >= 4 is 22.5 Å². The average Bonchev–Trinajstić information content (AvgIpc) is 2.98. The van der Waals surface area contributed by atoms with Crippen LogP contribution >= 0.6 is 0 Å². The number of pyridine rings is 1. The maximum Gasteiger partial charge on any atom is 0.153 e. The van der Waals surface area contributed by atoms with Gasteiger partial charge < -0.3 is 11.5 Å². The van der Waals surface area contributed by atoms with Crippen molar-refractivity contribution in [2.24, 2.45) is 5.92 Å². The summed E-state index contributed by atoms with van der Waals surface area (Å²) in [6.45, 7) is 0. The van der Waals surface area contributed by atoms with Crippen LogP contribution < -0.4 is 11.5 Å². The minimum Gasteiger partial charge on any atom is -0.383 e. The number of nitrogen functional groups attached to an aromatic ring is 2. The maximum atomic E-state index is 6.14. The predicted octanol–water partition coefficient (Wildman–Crippen LogP) is 3.52. The predicted molar refractivity (Wildman–Crippen MR) is 101 cm³/mol. The Morgan fingerprint density at radius 3 is 2.64 bits per heavy atom. The molecule has 0 atom stereocenters. The van der Waals surface area contributed by atoms with E-state index in [1.54, 1.807) is 6.20 Å². The molecule has 5 heteroatoms. The fraction of sp³-hybridized carbons (Fsp3) is 0.300. The molecule has 2 heterocycles. The number of para-hydroxylation sites is 1. The largest absolute Gasteiger partial charge is 0.383 e. The van der Waals surface area contributed by atoms with Gasteiger partial charge in [0.2, 0.25) is 0 Å². The number of anilines is 2. The molecule has 1 aromatic carbocycles. The Morgan fingerprint density at radius 1 is 1.00 bits per heavy atom. The van der Waals surface area contributed by atoms with Crippen molar-refractivity contribution in [3.63, 3.8) is 0 Å². The summed E-state index contributed by atoms with van der Waals surface area (Å²) in [6, 6.07) is 9.77. The van der Waals surface area contributed by atoms with E-state index in [4.69, 9.17) is 11.5 Å². The molecule has 0 spiro atoms. The fourth-order valence-electron chi connectivity index (χ4n) is 3.47. The summed E-state index contributed by atoms with van der Waals surface area (Å²) in [5.41, 5.74) is 14.7. The van der Waals surface area contributed by atoms with Crippen molar-refractivity contribution in [3.8, 4) is 17.5 Å². The summed E-state index contributed by atoms with van der Waals surface area (Å²) < 4.78 is 1.81. The minimum atomic E-state index is 0.430. The lowest BCUT2D eigenvalue weighted by atomic mass is 9.89. The molecule has 126 valence electrons. The van der Waals surface area contributed by atoms with Gasteiger partial charge in [-0.15, -0.1) is 5.10 Å². The van der Waals surface area contributed by atoms with E-state index >= 15 is 0 Å². The lowest BCUT2D eigenvalue weighted by Crippen LogP contribution is -2.06. The van der Waals surface area contributed by atoms with E-state index < -0.39 is 0 Å². The Balaban J connectivity index is 1.83. The van der Waals surface area contributed by atoms with Gasteiger partial charge in [-0.3, -0.25) is 0 Å². The summed E-state index contributed by atoms with van der Waals surface area (Å²) in [4.78, 5) is 4.22. The first-order chi connectivity index (χ1) is 12.2. The second-order valence-electron chi connectivity index (χ2n) is 6.51. The van der Waals surface area contributed by atoms with Gasteiger partial charge in [-0.05, 0) is 31.0 Å². The summed E-state index contributed by atoms with van der Waals surface area (Å²) >= 11 is 0. The van der Waals surface area contributed by atoms with Crippen molar-refractivity contribution in [1.29, 1.82) is 0 Å². The van der Waals surface area contributed by atoms with Crippen LogP contribution in [0.5, 0.6) is 0 Å². The van der Waals surface area contributed by atoms with E-state index in [0.29, 0.717) is 17.6 Å². The first-order valence-electron chi connectivity index (χ1n) is 8.73. The van der Waals surface area contributed by atoms with E-state index in [0.717, 1.165) is 22.2 Å². The molecule has 1 fully saturated rings. The number of fused-ring (bicyclic) bond motifs is 1. The minimum absolute atomic E-state index is 0.430. The van der Waals surface area contributed by atoms with Crippen molar-refractivity contribution in [1.82, 2.24) is 14.8 Å². The van der Waals surface area contributed by atoms with E-state index in [-0.39, 0.29) is 0 Å². The Labute approximate surface area is 147 Å². The van der Waals surface area contributed by atoms with Crippen molar-refractivity contribution in [3.05, 3.63) is 42.1 Å². The average molecular weight is 331 g/mol. The molecule has 1 aliphatic carbocycles. The van der Waals surface area contributed by atoms with Gasteiger partial charge in [0.05, 0.1) is 16.8 Å². The molecule has 2 aromatic heterocycles. The Hall–Kier alpha value is -3.00. The van der Waals surface area contributed by atoms with Crippen LogP contribution in [0.15, 0.2) is 36.5 Å². The molecule has 25 heavy (non-hydrogen) atoms. The first kappa shape index (κ1) is 15.5. The Bertz CT molecular complexity index is 971. The molecule has 3 aromatic rings. The third-order valence-electron chi connectivity index (χ3n) is 4.81. The van der Waals surface area contributed by atoms with Crippen LogP contribution in [0, 0.1) is 17.8 Å². The summed E-state index contributed by atoms with van der Waals surface area (Å²) in [7, 11) is 0. The molecular formula is C20H21N5. The van der Waals surface area contributed by atoms with Crippen molar-refractivity contribution in [2.75, 3.05) is 11.5 Å². The molecule has 0 aliphatic heterocycles. The monoisotopic (exact) mass is 331 g/mol. The molecule has 0 amide bonds. The maximum absolute atomic E-state index is 6.14. The SMILES string of the molecule is Nc1nccc(-n2nc(N)c3ccccc32)c1C#CC1CCCCC1. The molecule has 0 saturated heterocycles. The van der Waals surface area contributed by atoms with E-state index in [9.17, 15) is 0 Å². The summed E-state index contributed by atoms with van der Waals surface area (Å²) in [5, 5.41) is 5.42. The normalized spacial score (nSPS) is 15.0. The van der Waals surface area contributed by atoms with Crippen LogP contribution in [0.25, 0.3) is 16.6 Å². The highest BCUT2D eigenvalue weighted by atomic mass is 15.3. The van der Waals surface area contributed by atoms with Crippen LogP contribution in [0.1, 0.15) is 37.7 Å². The number of aromatic nitrogens is 3. The smallest absolute Gasteiger partial charge is 0.153 e. The summed E-state index contributed by atoms with van der Waals surface area (Å²) in [6.07, 6.45) is 7.85. The third-order valence-corrected chi connectivity index (χ3v) is 4.81. The fourth-order valence-corrected chi connectivity index (χ4v) is 3.47. The number of hydrogen-bond acceptors (Lipinski definition) is 4. The van der Waals surface area contributed by atoms with Crippen molar-refractivity contribution < 1.29 is 0 Å². The quantitative estimate of drug-likeness (QED) is 0.668. The Kier molecular flexibility index (Phi) is 4.02. The van der Waals surface area contributed by atoms with Crippen LogP contribution in [-0.2, 0) is 0 Å². The second kappa shape index (κ2) is 6.48. The zero-order valence-electron chi connectivity index (χ0n) is 14.1. The molecule has 1 aliphatic rings. The molecule has 1 saturated carbocycles.